The number of hydrogen-bond donors (Lipinski definition) is 4. The molecule has 0 aliphatic carbocycles. The highest BCUT2D eigenvalue weighted by Crippen LogP contribution is 2.07. The second kappa shape index (κ2) is 8.44. The Hall–Kier alpha value is -1.66. The van der Waals surface area contributed by atoms with Crippen molar-refractivity contribution in [3.63, 3.8) is 0 Å². The van der Waals surface area contributed by atoms with E-state index in [1.165, 1.54) is 0 Å². The second-order valence-corrected chi connectivity index (χ2v) is 4.45. The number of nitrogens with one attached hydrogen (secondary N) is 1. The third-order valence-corrected chi connectivity index (χ3v) is 3.07. The molecular formula is C13H22N4O2. The molecule has 19 heavy (non-hydrogen) atoms. The van der Waals surface area contributed by atoms with Crippen LogP contribution in [0.5, 0.6) is 0 Å². The van der Waals surface area contributed by atoms with Crippen molar-refractivity contribution < 1.29 is 10.3 Å². The summed E-state index contributed by atoms with van der Waals surface area (Å²) in [6.45, 7) is 3.89. The first-order chi connectivity index (χ1) is 9.21. The summed E-state index contributed by atoms with van der Waals surface area (Å²) in [4.78, 5) is 4.02. The Morgan fingerprint density at radius 3 is 3.00 bits per heavy atom. The Labute approximate surface area is 113 Å². The number of rotatable bonds is 8. The van der Waals surface area contributed by atoms with Crippen molar-refractivity contribution in [2.75, 3.05) is 13.2 Å². The van der Waals surface area contributed by atoms with Gasteiger partial charge in [0.25, 0.3) is 0 Å². The lowest BCUT2D eigenvalue weighted by Crippen LogP contribution is -2.23. The molecule has 0 radical (unpaired) electrons. The van der Waals surface area contributed by atoms with E-state index < -0.39 is 0 Å². The van der Waals surface area contributed by atoms with Crippen LogP contribution in [0.25, 0.3) is 0 Å². The van der Waals surface area contributed by atoms with Gasteiger partial charge in [0.05, 0.1) is 0 Å². The summed E-state index contributed by atoms with van der Waals surface area (Å²) in [6.07, 6.45) is 3.49. The lowest BCUT2D eigenvalue weighted by molar-refractivity contribution is 0.251. The Kier molecular flexibility index (Phi) is 6.84. The van der Waals surface area contributed by atoms with Crippen LogP contribution in [-0.4, -0.2) is 34.3 Å². The summed E-state index contributed by atoms with van der Waals surface area (Å²) in [5.74, 6) is 0.490. The number of aromatic nitrogens is 1. The van der Waals surface area contributed by atoms with Gasteiger partial charge in [-0.25, -0.2) is 0 Å². The maximum atomic E-state index is 8.92. The molecule has 0 aliphatic heterocycles. The van der Waals surface area contributed by atoms with E-state index in [2.05, 4.69) is 22.4 Å². The van der Waals surface area contributed by atoms with Gasteiger partial charge in [-0.05, 0) is 36.6 Å². The Morgan fingerprint density at radius 1 is 1.58 bits per heavy atom. The Balaban J connectivity index is 2.49. The largest absolute Gasteiger partial charge is 0.409 e. The Bertz CT molecular complexity index is 409. The van der Waals surface area contributed by atoms with E-state index in [-0.39, 0.29) is 12.4 Å². The van der Waals surface area contributed by atoms with Crippen LogP contribution in [0.3, 0.4) is 0 Å². The van der Waals surface area contributed by atoms with Crippen molar-refractivity contribution in [2.24, 2.45) is 16.8 Å². The van der Waals surface area contributed by atoms with Gasteiger partial charge in [0.15, 0.2) is 5.84 Å². The average Bonchev–Trinajstić information content (AvgIpc) is 2.45. The third kappa shape index (κ3) is 5.23. The number of pyridine rings is 1. The molecule has 0 bridgehead atoms. The van der Waals surface area contributed by atoms with Crippen LogP contribution >= 0.6 is 0 Å². The zero-order valence-corrected chi connectivity index (χ0v) is 11.2. The van der Waals surface area contributed by atoms with Crippen LogP contribution in [0.1, 0.15) is 31.0 Å². The van der Waals surface area contributed by atoms with Gasteiger partial charge in [0, 0.05) is 19.3 Å². The second-order valence-electron chi connectivity index (χ2n) is 4.45. The highest BCUT2D eigenvalue weighted by molar-refractivity contribution is 5.95. The zero-order chi connectivity index (χ0) is 14.1. The van der Waals surface area contributed by atoms with Crippen molar-refractivity contribution in [3.8, 4) is 0 Å². The number of aliphatic hydroxyl groups is 1. The van der Waals surface area contributed by atoms with E-state index in [9.17, 15) is 0 Å². The number of nitrogens with two attached hydrogens (primary N) is 1. The molecule has 106 valence electrons. The standard InChI is InChI=1S/C13H22N4O2/c1-2-10(4-6-18)8-15-9-11-3-5-16-12(7-11)13(14)17-19/h3,5,7,10,15,18-19H,2,4,6,8-9H2,1H3,(H2,14,17). The van der Waals surface area contributed by atoms with Crippen LogP contribution in [0.2, 0.25) is 0 Å². The molecule has 0 saturated heterocycles. The normalized spacial score (nSPS) is 13.5. The summed E-state index contributed by atoms with van der Waals surface area (Å²) in [5.41, 5.74) is 6.98. The Morgan fingerprint density at radius 2 is 2.37 bits per heavy atom. The van der Waals surface area contributed by atoms with Gasteiger partial charge in [-0.2, -0.15) is 0 Å². The van der Waals surface area contributed by atoms with Crippen LogP contribution in [0.4, 0.5) is 0 Å². The molecule has 1 heterocycles. The smallest absolute Gasteiger partial charge is 0.188 e. The van der Waals surface area contributed by atoms with Gasteiger partial charge in [-0.3, -0.25) is 4.98 Å². The minimum atomic E-state index is 0.00793. The first-order valence-electron chi connectivity index (χ1n) is 6.45. The van der Waals surface area contributed by atoms with E-state index in [0.29, 0.717) is 18.2 Å². The summed E-state index contributed by atoms with van der Waals surface area (Å²) < 4.78 is 0. The molecule has 1 atom stereocenters. The molecule has 1 aromatic heterocycles. The molecule has 5 N–H and O–H groups in total. The number of aliphatic hydroxyl groups excluding tert-OH is 1. The van der Waals surface area contributed by atoms with Crippen molar-refractivity contribution in [3.05, 3.63) is 29.6 Å². The molecule has 0 amide bonds. The molecule has 0 fully saturated rings. The molecule has 6 nitrogen and oxygen atoms in total. The van der Waals surface area contributed by atoms with Gasteiger partial charge >= 0.3 is 0 Å². The van der Waals surface area contributed by atoms with E-state index in [1.54, 1.807) is 12.3 Å². The molecule has 1 rings (SSSR count). The molecule has 1 aromatic rings. The van der Waals surface area contributed by atoms with E-state index in [0.717, 1.165) is 24.9 Å². The number of hydrogen-bond acceptors (Lipinski definition) is 5. The van der Waals surface area contributed by atoms with Crippen molar-refractivity contribution in [2.45, 2.75) is 26.3 Å². The maximum Gasteiger partial charge on any atom is 0.188 e. The van der Waals surface area contributed by atoms with Gasteiger partial charge < -0.3 is 21.4 Å². The minimum Gasteiger partial charge on any atom is -0.409 e. The topological polar surface area (TPSA) is 104 Å². The molecule has 0 aliphatic rings. The monoisotopic (exact) mass is 266 g/mol. The fourth-order valence-electron chi connectivity index (χ4n) is 1.83. The lowest BCUT2D eigenvalue weighted by Gasteiger charge is -2.14. The fourth-order valence-corrected chi connectivity index (χ4v) is 1.83. The number of amidine groups is 1. The SMILES string of the molecule is CCC(CCO)CNCc1ccnc(C(N)=NO)c1. The first-order valence-corrected chi connectivity index (χ1v) is 6.45. The predicted octanol–water partition coefficient (Wildman–Crippen LogP) is 0.674. The predicted molar refractivity (Wildman–Crippen MR) is 73.9 cm³/mol. The summed E-state index contributed by atoms with van der Waals surface area (Å²) in [6, 6.07) is 3.67. The molecule has 0 spiro atoms. The molecule has 0 saturated carbocycles. The van der Waals surface area contributed by atoms with Gasteiger partial charge in [0.2, 0.25) is 0 Å². The van der Waals surface area contributed by atoms with Crippen molar-refractivity contribution in [1.82, 2.24) is 10.3 Å². The van der Waals surface area contributed by atoms with Crippen LogP contribution in [-0.2, 0) is 6.54 Å². The van der Waals surface area contributed by atoms with E-state index in [4.69, 9.17) is 16.0 Å². The zero-order valence-electron chi connectivity index (χ0n) is 11.2. The first kappa shape index (κ1) is 15.4. The van der Waals surface area contributed by atoms with Crippen molar-refractivity contribution >= 4 is 5.84 Å². The molecular weight excluding hydrogens is 244 g/mol. The van der Waals surface area contributed by atoms with E-state index >= 15 is 0 Å². The van der Waals surface area contributed by atoms with Gasteiger partial charge in [-0.1, -0.05) is 18.5 Å². The highest BCUT2D eigenvalue weighted by atomic mass is 16.4. The fraction of sp³-hybridized carbons (Fsp3) is 0.538. The van der Waals surface area contributed by atoms with Gasteiger partial charge in [-0.15, -0.1) is 0 Å². The maximum absolute atomic E-state index is 8.92. The average molecular weight is 266 g/mol. The summed E-state index contributed by atoms with van der Waals surface area (Å²) >= 11 is 0. The van der Waals surface area contributed by atoms with E-state index in [1.807, 2.05) is 6.07 Å². The minimum absolute atomic E-state index is 0.00793. The number of nitrogens with zero attached hydrogens (tertiary/aromatic N) is 2. The molecule has 6 heteroatoms. The highest BCUT2D eigenvalue weighted by Gasteiger charge is 2.06. The quantitative estimate of drug-likeness (QED) is 0.240. The van der Waals surface area contributed by atoms with Crippen LogP contribution < -0.4 is 11.1 Å². The molecule has 1 unspecified atom stereocenters. The lowest BCUT2D eigenvalue weighted by atomic mass is 10.0. The summed E-state index contributed by atoms with van der Waals surface area (Å²) in [7, 11) is 0. The van der Waals surface area contributed by atoms with Crippen LogP contribution in [0.15, 0.2) is 23.5 Å². The summed E-state index contributed by atoms with van der Waals surface area (Å²) in [5, 5.41) is 23.8. The van der Waals surface area contributed by atoms with Gasteiger partial charge in [0.1, 0.15) is 5.69 Å². The third-order valence-electron chi connectivity index (χ3n) is 3.07. The van der Waals surface area contributed by atoms with Crippen LogP contribution in [0, 0.1) is 5.92 Å². The molecule has 0 aromatic carbocycles. The number of oxime groups is 1. The van der Waals surface area contributed by atoms with Crippen molar-refractivity contribution in [1.29, 1.82) is 0 Å².